The topological polar surface area (TPSA) is 58.6 Å². The van der Waals surface area contributed by atoms with E-state index in [4.69, 9.17) is 4.74 Å². The van der Waals surface area contributed by atoms with Crippen molar-refractivity contribution in [2.24, 2.45) is 0 Å². The fourth-order valence-electron chi connectivity index (χ4n) is 3.16. The van der Waals surface area contributed by atoms with E-state index in [0.29, 0.717) is 19.6 Å². The molecule has 130 valence electrons. The summed E-state index contributed by atoms with van der Waals surface area (Å²) in [6.45, 7) is 7.28. The monoisotopic (exact) mass is 340 g/mol. The summed E-state index contributed by atoms with van der Waals surface area (Å²) in [6.07, 6.45) is 2.19. The Morgan fingerprint density at radius 3 is 2.35 bits per heavy atom. The van der Waals surface area contributed by atoms with Crippen LogP contribution in [0.2, 0.25) is 0 Å². The highest BCUT2D eigenvalue weighted by atomic mass is 32.2. The van der Waals surface area contributed by atoms with Gasteiger partial charge in [-0.05, 0) is 45.6 Å². The minimum atomic E-state index is -3.47. The first-order chi connectivity index (χ1) is 10.8. The molecule has 1 aliphatic rings. The van der Waals surface area contributed by atoms with Gasteiger partial charge in [0.25, 0.3) is 10.2 Å². The molecule has 0 aliphatic carbocycles. The van der Waals surface area contributed by atoms with Crippen LogP contribution in [0.3, 0.4) is 0 Å². The maximum Gasteiger partial charge on any atom is 0.279 e. The second kappa shape index (κ2) is 7.75. The largest absolute Gasteiger partial charge is 0.381 e. The standard InChI is InChI=1S/C17H28N2O3S/c1-13-9-14(2)11-16(10-13)12-15(3)18-23(20,21)19(4)17-5-7-22-8-6-17/h9-11,15,17-18H,5-8,12H2,1-4H3. The van der Waals surface area contributed by atoms with Crippen molar-refractivity contribution in [1.29, 1.82) is 0 Å². The Bertz CT molecular complexity index is 604. The molecule has 1 fully saturated rings. The van der Waals surface area contributed by atoms with Gasteiger partial charge >= 0.3 is 0 Å². The molecule has 1 atom stereocenters. The third-order valence-corrected chi connectivity index (χ3v) is 6.01. The van der Waals surface area contributed by atoms with Crippen LogP contribution in [0.25, 0.3) is 0 Å². The van der Waals surface area contributed by atoms with Crippen molar-refractivity contribution in [3.8, 4) is 0 Å². The molecule has 1 saturated heterocycles. The third kappa shape index (κ3) is 5.28. The quantitative estimate of drug-likeness (QED) is 0.863. The van der Waals surface area contributed by atoms with Gasteiger partial charge < -0.3 is 4.74 Å². The molecule has 0 spiro atoms. The molecule has 0 amide bonds. The van der Waals surface area contributed by atoms with Gasteiger partial charge in [-0.1, -0.05) is 29.3 Å². The van der Waals surface area contributed by atoms with E-state index in [-0.39, 0.29) is 12.1 Å². The Balaban J connectivity index is 1.98. The van der Waals surface area contributed by atoms with Crippen LogP contribution in [-0.2, 0) is 21.4 Å². The number of hydrogen-bond acceptors (Lipinski definition) is 3. The molecular formula is C17H28N2O3S. The van der Waals surface area contributed by atoms with Crippen LogP contribution in [0.5, 0.6) is 0 Å². The van der Waals surface area contributed by atoms with E-state index >= 15 is 0 Å². The summed E-state index contributed by atoms with van der Waals surface area (Å²) in [7, 11) is -1.82. The molecule has 1 N–H and O–H groups in total. The van der Waals surface area contributed by atoms with Crippen LogP contribution in [0.4, 0.5) is 0 Å². The van der Waals surface area contributed by atoms with Gasteiger partial charge in [0.15, 0.2) is 0 Å². The molecule has 2 rings (SSSR count). The minimum absolute atomic E-state index is 0.0228. The van der Waals surface area contributed by atoms with E-state index < -0.39 is 10.2 Å². The van der Waals surface area contributed by atoms with E-state index in [1.165, 1.54) is 15.4 Å². The van der Waals surface area contributed by atoms with Crippen LogP contribution in [0.1, 0.15) is 36.5 Å². The molecule has 0 saturated carbocycles. The summed E-state index contributed by atoms with van der Waals surface area (Å²) >= 11 is 0. The lowest BCUT2D eigenvalue weighted by atomic mass is 10.0. The fraction of sp³-hybridized carbons (Fsp3) is 0.647. The second-order valence-electron chi connectivity index (χ2n) is 6.58. The van der Waals surface area contributed by atoms with Crippen LogP contribution in [0, 0.1) is 13.8 Å². The van der Waals surface area contributed by atoms with Crippen molar-refractivity contribution in [3.05, 3.63) is 34.9 Å². The molecule has 5 nitrogen and oxygen atoms in total. The first kappa shape index (κ1) is 18.4. The molecule has 1 aliphatic heterocycles. The number of nitrogens with one attached hydrogen (secondary N) is 1. The Morgan fingerprint density at radius 2 is 1.78 bits per heavy atom. The van der Waals surface area contributed by atoms with Gasteiger partial charge in [0.1, 0.15) is 0 Å². The van der Waals surface area contributed by atoms with Crippen LogP contribution in [-0.4, -0.2) is 45.1 Å². The molecule has 6 heteroatoms. The van der Waals surface area contributed by atoms with Gasteiger partial charge in [-0.25, -0.2) is 0 Å². The summed E-state index contributed by atoms with van der Waals surface area (Å²) in [5.74, 6) is 0. The average molecular weight is 340 g/mol. The predicted octanol–water partition coefficient (Wildman–Crippen LogP) is 2.18. The van der Waals surface area contributed by atoms with Crippen molar-refractivity contribution < 1.29 is 13.2 Å². The maximum absolute atomic E-state index is 12.5. The summed E-state index contributed by atoms with van der Waals surface area (Å²) in [4.78, 5) is 0. The van der Waals surface area contributed by atoms with Crippen molar-refractivity contribution in [2.75, 3.05) is 20.3 Å². The number of rotatable bonds is 6. The Morgan fingerprint density at radius 1 is 1.22 bits per heavy atom. The van der Waals surface area contributed by atoms with Crippen LogP contribution >= 0.6 is 0 Å². The van der Waals surface area contributed by atoms with E-state index in [0.717, 1.165) is 18.4 Å². The number of aryl methyl sites for hydroxylation is 2. The van der Waals surface area contributed by atoms with Gasteiger partial charge in [0.2, 0.25) is 0 Å². The smallest absolute Gasteiger partial charge is 0.279 e. The van der Waals surface area contributed by atoms with E-state index in [1.54, 1.807) is 7.05 Å². The molecule has 1 unspecified atom stereocenters. The van der Waals surface area contributed by atoms with Crippen molar-refractivity contribution >= 4 is 10.2 Å². The summed E-state index contributed by atoms with van der Waals surface area (Å²) in [5.41, 5.74) is 3.56. The van der Waals surface area contributed by atoms with Gasteiger partial charge in [-0.2, -0.15) is 17.4 Å². The normalized spacial score (nSPS) is 18.3. The molecule has 0 bridgehead atoms. The predicted molar refractivity (Wildman–Crippen MR) is 92.7 cm³/mol. The van der Waals surface area contributed by atoms with Crippen molar-refractivity contribution in [3.63, 3.8) is 0 Å². The lowest BCUT2D eigenvalue weighted by molar-refractivity contribution is 0.0629. The van der Waals surface area contributed by atoms with E-state index in [9.17, 15) is 8.42 Å². The zero-order valence-corrected chi connectivity index (χ0v) is 15.3. The van der Waals surface area contributed by atoms with Crippen LogP contribution < -0.4 is 4.72 Å². The first-order valence-corrected chi connectivity index (χ1v) is 9.62. The number of nitrogens with zero attached hydrogens (tertiary/aromatic N) is 1. The Kier molecular flexibility index (Phi) is 6.19. The summed E-state index contributed by atoms with van der Waals surface area (Å²) < 4.78 is 34.6. The summed E-state index contributed by atoms with van der Waals surface area (Å²) in [5, 5.41) is 0. The molecule has 1 aromatic rings. The first-order valence-electron chi connectivity index (χ1n) is 8.18. The summed E-state index contributed by atoms with van der Waals surface area (Å²) in [6, 6.07) is 6.22. The van der Waals surface area contributed by atoms with Gasteiger partial charge in [-0.15, -0.1) is 0 Å². The fourth-order valence-corrected chi connectivity index (χ4v) is 4.53. The molecule has 0 radical (unpaired) electrons. The molecule has 1 heterocycles. The van der Waals surface area contributed by atoms with Gasteiger partial charge in [0.05, 0.1) is 0 Å². The molecule has 1 aromatic carbocycles. The van der Waals surface area contributed by atoms with Crippen molar-refractivity contribution in [1.82, 2.24) is 9.03 Å². The SMILES string of the molecule is Cc1cc(C)cc(CC(C)NS(=O)(=O)N(C)C2CCOCC2)c1. The zero-order valence-electron chi connectivity index (χ0n) is 14.5. The van der Waals surface area contributed by atoms with Gasteiger partial charge in [0, 0.05) is 32.3 Å². The van der Waals surface area contributed by atoms with Crippen molar-refractivity contribution in [2.45, 2.75) is 52.1 Å². The Labute approximate surface area is 140 Å². The highest BCUT2D eigenvalue weighted by Gasteiger charge is 2.28. The second-order valence-corrected chi connectivity index (χ2v) is 8.35. The number of hydrogen-bond donors (Lipinski definition) is 1. The van der Waals surface area contributed by atoms with E-state index in [2.05, 4.69) is 36.8 Å². The lowest BCUT2D eigenvalue weighted by Gasteiger charge is -2.31. The number of benzene rings is 1. The zero-order chi connectivity index (χ0) is 17.0. The average Bonchev–Trinajstić information content (AvgIpc) is 2.45. The molecule has 23 heavy (non-hydrogen) atoms. The number of ether oxygens (including phenoxy) is 1. The maximum atomic E-state index is 12.5. The Hall–Kier alpha value is -0.950. The minimum Gasteiger partial charge on any atom is -0.381 e. The lowest BCUT2D eigenvalue weighted by Crippen LogP contribution is -2.49. The van der Waals surface area contributed by atoms with Gasteiger partial charge in [-0.3, -0.25) is 0 Å². The highest BCUT2D eigenvalue weighted by molar-refractivity contribution is 7.87. The third-order valence-electron chi connectivity index (χ3n) is 4.26. The van der Waals surface area contributed by atoms with E-state index in [1.807, 2.05) is 6.92 Å². The molecule has 0 aromatic heterocycles. The highest BCUT2D eigenvalue weighted by Crippen LogP contribution is 2.16. The van der Waals surface area contributed by atoms with Crippen LogP contribution in [0.15, 0.2) is 18.2 Å². The molecular weight excluding hydrogens is 312 g/mol.